The van der Waals surface area contributed by atoms with Crippen molar-refractivity contribution >= 4 is 22.0 Å². The molecule has 2 rings (SSSR count). The van der Waals surface area contributed by atoms with Crippen LogP contribution in [0.15, 0.2) is 59.5 Å². The van der Waals surface area contributed by atoms with Gasteiger partial charge in [0.2, 0.25) is 0 Å². The first-order chi connectivity index (χ1) is 8.62. The van der Waals surface area contributed by atoms with Crippen LogP contribution in [0.25, 0.3) is 0 Å². The smallest absolute Gasteiger partial charge is 0.261 e. The van der Waals surface area contributed by atoms with Gasteiger partial charge in [0.1, 0.15) is 6.29 Å². The molecular weight excluding hydrogens is 250 g/mol. The fraction of sp³-hybridized carbons (Fsp3) is 0. The van der Waals surface area contributed by atoms with E-state index in [9.17, 15) is 13.2 Å². The maximum Gasteiger partial charge on any atom is 0.261 e. The molecule has 4 nitrogen and oxygen atoms in total. The van der Waals surface area contributed by atoms with Gasteiger partial charge < -0.3 is 0 Å². The zero-order valence-electron chi connectivity index (χ0n) is 9.41. The van der Waals surface area contributed by atoms with Crippen LogP contribution < -0.4 is 4.72 Å². The second-order valence-corrected chi connectivity index (χ2v) is 5.34. The van der Waals surface area contributed by atoms with E-state index in [4.69, 9.17) is 0 Å². The molecule has 2 aromatic carbocycles. The maximum absolute atomic E-state index is 12.0. The lowest BCUT2D eigenvalue weighted by atomic mass is 10.2. The molecule has 0 aliphatic rings. The minimum Gasteiger partial charge on any atom is -0.298 e. The summed E-state index contributed by atoms with van der Waals surface area (Å²) in [6.07, 6.45) is 0.613. The van der Waals surface area contributed by atoms with Crippen LogP contribution in [0.2, 0.25) is 0 Å². The number of hydrogen-bond acceptors (Lipinski definition) is 3. The zero-order chi connectivity index (χ0) is 13.0. The quantitative estimate of drug-likeness (QED) is 0.859. The van der Waals surface area contributed by atoms with Crippen molar-refractivity contribution in [2.45, 2.75) is 4.90 Å². The van der Waals surface area contributed by atoms with Gasteiger partial charge in [-0.25, -0.2) is 8.42 Å². The molecule has 2 aromatic rings. The van der Waals surface area contributed by atoms with Crippen molar-refractivity contribution in [2.75, 3.05) is 4.72 Å². The Morgan fingerprint density at radius 3 is 2.33 bits per heavy atom. The van der Waals surface area contributed by atoms with Crippen LogP contribution in [0.5, 0.6) is 0 Å². The third kappa shape index (κ3) is 2.75. The fourth-order valence-electron chi connectivity index (χ4n) is 1.48. The van der Waals surface area contributed by atoms with Crippen LogP contribution in [0, 0.1) is 0 Å². The molecule has 0 spiro atoms. The van der Waals surface area contributed by atoms with Gasteiger partial charge in [0, 0.05) is 11.3 Å². The van der Waals surface area contributed by atoms with E-state index in [-0.39, 0.29) is 4.90 Å². The molecule has 0 unspecified atom stereocenters. The number of carbonyl (C=O) groups excluding carboxylic acids is 1. The van der Waals surface area contributed by atoms with Crippen molar-refractivity contribution in [3.05, 3.63) is 60.2 Å². The average Bonchev–Trinajstić information content (AvgIpc) is 2.39. The zero-order valence-corrected chi connectivity index (χ0v) is 10.2. The van der Waals surface area contributed by atoms with Crippen LogP contribution in [-0.4, -0.2) is 14.7 Å². The molecule has 0 bridgehead atoms. The molecule has 92 valence electrons. The van der Waals surface area contributed by atoms with Crippen molar-refractivity contribution < 1.29 is 13.2 Å². The highest BCUT2D eigenvalue weighted by Gasteiger charge is 2.14. The van der Waals surface area contributed by atoms with Gasteiger partial charge in [0.15, 0.2) is 0 Å². The SMILES string of the molecule is O=Cc1cccc(S(=O)(=O)Nc2ccccc2)c1. The number of carbonyl (C=O) groups is 1. The van der Waals surface area contributed by atoms with Gasteiger partial charge in [-0.15, -0.1) is 0 Å². The Balaban J connectivity index is 2.33. The summed E-state index contributed by atoms with van der Waals surface area (Å²) in [5.41, 5.74) is 0.806. The van der Waals surface area contributed by atoms with E-state index in [2.05, 4.69) is 4.72 Å². The third-order valence-corrected chi connectivity index (χ3v) is 3.71. The Morgan fingerprint density at radius 1 is 0.944 bits per heavy atom. The number of anilines is 1. The number of aldehydes is 1. The molecule has 0 atom stereocenters. The van der Waals surface area contributed by atoms with Gasteiger partial charge in [-0.3, -0.25) is 9.52 Å². The molecule has 0 aromatic heterocycles. The minimum atomic E-state index is -3.65. The van der Waals surface area contributed by atoms with Gasteiger partial charge in [-0.2, -0.15) is 0 Å². The number of sulfonamides is 1. The Hall–Kier alpha value is -2.14. The molecule has 0 amide bonds. The summed E-state index contributed by atoms with van der Waals surface area (Å²) >= 11 is 0. The molecule has 0 saturated carbocycles. The van der Waals surface area contributed by atoms with Crippen LogP contribution in [0.1, 0.15) is 10.4 Å². The van der Waals surface area contributed by atoms with E-state index in [0.29, 0.717) is 17.5 Å². The van der Waals surface area contributed by atoms with Gasteiger partial charge >= 0.3 is 0 Å². The van der Waals surface area contributed by atoms with Crippen molar-refractivity contribution in [3.63, 3.8) is 0 Å². The minimum absolute atomic E-state index is 0.0657. The molecular formula is C13H11NO3S. The molecule has 0 saturated heterocycles. The second kappa shape index (κ2) is 5.01. The van der Waals surface area contributed by atoms with E-state index in [1.165, 1.54) is 18.2 Å². The highest BCUT2D eigenvalue weighted by molar-refractivity contribution is 7.92. The topological polar surface area (TPSA) is 63.2 Å². The van der Waals surface area contributed by atoms with Crippen molar-refractivity contribution in [1.82, 2.24) is 0 Å². The number of nitrogens with one attached hydrogen (secondary N) is 1. The van der Waals surface area contributed by atoms with Crippen LogP contribution >= 0.6 is 0 Å². The largest absolute Gasteiger partial charge is 0.298 e. The van der Waals surface area contributed by atoms with Crippen molar-refractivity contribution in [1.29, 1.82) is 0 Å². The van der Waals surface area contributed by atoms with E-state index in [1.54, 1.807) is 36.4 Å². The van der Waals surface area contributed by atoms with Gasteiger partial charge in [-0.1, -0.05) is 30.3 Å². The predicted octanol–water partition coefficient (Wildman–Crippen LogP) is 2.30. The monoisotopic (exact) mass is 261 g/mol. The highest BCUT2D eigenvalue weighted by atomic mass is 32.2. The first-order valence-corrected chi connectivity index (χ1v) is 6.73. The molecule has 0 heterocycles. The van der Waals surface area contributed by atoms with Crippen molar-refractivity contribution in [2.24, 2.45) is 0 Å². The maximum atomic E-state index is 12.0. The number of hydrogen-bond donors (Lipinski definition) is 1. The Labute approximate surface area is 105 Å². The molecule has 1 N–H and O–H groups in total. The predicted molar refractivity (Wildman–Crippen MR) is 69.1 cm³/mol. The Morgan fingerprint density at radius 2 is 1.67 bits per heavy atom. The lowest BCUT2D eigenvalue weighted by Gasteiger charge is -2.07. The van der Waals surface area contributed by atoms with E-state index in [1.807, 2.05) is 0 Å². The normalized spacial score (nSPS) is 10.9. The summed E-state index contributed by atoms with van der Waals surface area (Å²) < 4.78 is 26.5. The summed E-state index contributed by atoms with van der Waals surface area (Å²) in [5, 5.41) is 0. The lowest BCUT2D eigenvalue weighted by Crippen LogP contribution is -2.13. The molecule has 0 aliphatic heterocycles. The molecule has 0 fully saturated rings. The Kier molecular flexibility index (Phi) is 3.43. The molecule has 0 aliphatic carbocycles. The van der Waals surface area contributed by atoms with Gasteiger partial charge in [-0.05, 0) is 24.3 Å². The summed E-state index contributed by atoms with van der Waals surface area (Å²) in [7, 11) is -3.65. The number of rotatable bonds is 4. The van der Waals surface area contributed by atoms with Crippen molar-refractivity contribution in [3.8, 4) is 0 Å². The van der Waals surface area contributed by atoms with Crippen LogP contribution in [0.3, 0.4) is 0 Å². The third-order valence-electron chi connectivity index (χ3n) is 2.33. The van der Waals surface area contributed by atoms with E-state index < -0.39 is 10.0 Å². The fourth-order valence-corrected chi connectivity index (χ4v) is 2.59. The molecule has 18 heavy (non-hydrogen) atoms. The molecule has 0 radical (unpaired) electrons. The van der Waals surface area contributed by atoms with E-state index >= 15 is 0 Å². The van der Waals surface area contributed by atoms with Crippen LogP contribution in [-0.2, 0) is 10.0 Å². The summed E-state index contributed by atoms with van der Waals surface area (Å²) in [6, 6.07) is 14.4. The summed E-state index contributed by atoms with van der Waals surface area (Å²) in [5.74, 6) is 0. The second-order valence-electron chi connectivity index (χ2n) is 3.66. The summed E-state index contributed by atoms with van der Waals surface area (Å²) in [6.45, 7) is 0. The van der Waals surface area contributed by atoms with Gasteiger partial charge in [0.05, 0.1) is 4.90 Å². The first-order valence-electron chi connectivity index (χ1n) is 5.25. The van der Waals surface area contributed by atoms with Crippen LogP contribution in [0.4, 0.5) is 5.69 Å². The first kappa shape index (κ1) is 12.3. The molecule has 5 heteroatoms. The number of benzene rings is 2. The average molecular weight is 261 g/mol. The van der Waals surface area contributed by atoms with E-state index in [0.717, 1.165) is 0 Å². The lowest BCUT2D eigenvalue weighted by molar-refractivity contribution is 0.112. The van der Waals surface area contributed by atoms with Gasteiger partial charge in [0.25, 0.3) is 10.0 Å². The highest BCUT2D eigenvalue weighted by Crippen LogP contribution is 2.16. The standard InChI is InChI=1S/C13H11NO3S/c15-10-11-5-4-8-13(9-11)18(16,17)14-12-6-2-1-3-7-12/h1-10,14H. The Bertz CT molecular complexity index is 651. The summed E-state index contributed by atoms with van der Waals surface area (Å²) in [4.78, 5) is 10.7. The number of para-hydroxylation sites is 1.